The summed E-state index contributed by atoms with van der Waals surface area (Å²) >= 11 is 3.25. The minimum atomic E-state index is -0.965. The first kappa shape index (κ1) is 11.7. The van der Waals surface area contributed by atoms with Crippen LogP contribution in [0.1, 0.15) is 17.3 Å². The predicted molar refractivity (Wildman–Crippen MR) is 60.3 cm³/mol. The van der Waals surface area contributed by atoms with Crippen molar-refractivity contribution in [3.05, 3.63) is 28.2 Å². The summed E-state index contributed by atoms with van der Waals surface area (Å²) in [5.41, 5.74) is 1.01. The maximum Gasteiger partial charge on any atom is 0.322 e. The molecule has 0 aromatic heterocycles. The number of aliphatic carboxylic acids is 1. The van der Waals surface area contributed by atoms with Crippen LogP contribution in [-0.2, 0) is 4.79 Å². The summed E-state index contributed by atoms with van der Waals surface area (Å²) in [6.45, 7) is 1.23. The van der Waals surface area contributed by atoms with E-state index in [0.29, 0.717) is 11.3 Å². The molecule has 0 bridgehead atoms. The fourth-order valence-electron chi connectivity index (χ4n) is 1.13. The highest BCUT2D eigenvalue weighted by Crippen LogP contribution is 2.21. The Morgan fingerprint density at radius 2 is 2.13 bits per heavy atom. The molecule has 0 aliphatic heterocycles. The molecule has 80 valence electrons. The standard InChI is InChI=1S/C10H10BrNO3/c1-6(13)8-4-7(11)2-3-9(8)12-5-10(14)15/h2-4,12H,5H2,1H3,(H,14,15). The van der Waals surface area contributed by atoms with Crippen molar-refractivity contribution in [2.24, 2.45) is 0 Å². The van der Waals surface area contributed by atoms with E-state index in [0.717, 1.165) is 4.47 Å². The molecular formula is C10H10BrNO3. The lowest BCUT2D eigenvalue weighted by molar-refractivity contribution is -0.134. The molecule has 0 fully saturated rings. The number of carbonyl (C=O) groups is 2. The monoisotopic (exact) mass is 271 g/mol. The van der Waals surface area contributed by atoms with E-state index in [1.165, 1.54) is 6.92 Å². The Labute approximate surface area is 95.4 Å². The SMILES string of the molecule is CC(=O)c1cc(Br)ccc1NCC(=O)O. The number of rotatable bonds is 4. The smallest absolute Gasteiger partial charge is 0.322 e. The lowest BCUT2D eigenvalue weighted by Crippen LogP contribution is -2.14. The van der Waals surface area contributed by atoms with Gasteiger partial charge in [0.25, 0.3) is 0 Å². The maximum atomic E-state index is 11.3. The molecule has 0 saturated carbocycles. The van der Waals surface area contributed by atoms with Gasteiger partial charge in [-0.1, -0.05) is 15.9 Å². The predicted octanol–water partition coefficient (Wildman–Crippen LogP) is 2.15. The van der Waals surface area contributed by atoms with Crippen molar-refractivity contribution in [1.82, 2.24) is 0 Å². The van der Waals surface area contributed by atoms with Gasteiger partial charge in [-0.05, 0) is 25.1 Å². The fraction of sp³-hybridized carbons (Fsp3) is 0.200. The summed E-state index contributed by atoms with van der Waals surface area (Å²) in [7, 11) is 0. The number of benzene rings is 1. The van der Waals surface area contributed by atoms with Gasteiger partial charge in [0.15, 0.2) is 5.78 Å². The molecule has 0 unspecified atom stereocenters. The largest absolute Gasteiger partial charge is 0.480 e. The van der Waals surface area contributed by atoms with Crippen LogP contribution in [0.25, 0.3) is 0 Å². The number of carbonyl (C=O) groups excluding carboxylic acids is 1. The molecule has 0 amide bonds. The molecule has 4 nitrogen and oxygen atoms in total. The van der Waals surface area contributed by atoms with Gasteiger partial charge < -0.3 is 10.4 Å². The molecule has 0 saturated heterocycles. The van der Waals surface area contributed by atoms with E-state index in [-0.39, 0.29) is 12.3 Å². The first-order valence-corrected chi connectivity index (χ1v) is 5.06. The molecular weight excluding hydrogens is 262 g/mol. The second-order valence-corrected chi connectivity index (χ2v) is 3.91. The van der Waals surface area contributed by atoms with E-state index in [9.17, 15) is 9.59 Å². The summed E-state index contributed by atoms with van der Waals surface area (Å²) in [4.78, 5) is 21.6. The van der Waals surface area contributed by atoms with Crippen molar-refractivity contribution in [3.8, 4) is 0 Å². The van der Waals surface area contributed by atoms with E-state index in [1.807, 2.05) is 0 Å². The van der Waals surface area contributed by atoms with Crippen molar-refractivity contribution in [2.45, 2.75) is 6.92 Å². The van der Waals surface area contributed by atoms with E-state index in [4.69, 9.17) is 5.11 Å². The Morgan fingerprint density at radius 1 is 1.47 bits per heavy atom. The Hall–Kier alpha value is -1.36. The number of carboxylic acids is 1. The maximum absolute atomic E-state index is 11.3. The molecule has 0 radical (unpaired) electrons. The number of hydrogen-bond acceptors (Lipinski definition) is 3. The number of hydrogen-bond donors (Lipinski definition) is 2. The third-order valence-corrected chi connectivity index (χ3v) is 2.28. The van der Waals surface area contributed by atoms with Gasteiger partial charge in [0, 0.05) is 15.7 Å². The normalized spacial score (nSPS) is 9.73. The van der Waals surface area contributed by atoms with Crippen LogP contribution < -0.4 is 5.32 Å². The summed E-state index contributed by atoms with van der Waals surface area (Å²) in [6, 6.07) is 5.08. The third-order valence-electron chi connectivity index (χ3n) is 1.79. The molecule has 15 heavy (non-hydrogen) atoms. The zero-order chi connectivity index (χ0) is 11.4. The molecule has 1 rings (SSSR count). The van der Waals surface area contributed by atoms with Gasteiger partial charge in [0.05, 0.1) is 0 Å². The van der Waals surface area contributed by atoms with Crippen LogP contribution in [0, 0.1) is 0 Å². The van der Waals surface area contributed by atoms with Crippen molar-refractivity contribution < 1.29 is 14.7 Å². The summed E-state index contributed by atoms with van der Waals surface area (Å²) in [6.07, 6.45) is 0. The van der Waals surface area contributed by atoms with Crippen molar-refractivity contribution in [2.75, 3.05) is 11.9 Å². The molecule has 0 aliphatic rings. The average molecular weight is 272 g/mol. The van der Waals surface area contributed by atoms with E-state index < -0.39 is 5.97 Å². The van der Waals surface area contributed by atoms with Gasteiger partial charge in [-0.15, -0.1) is 0 Å². The number of halogens is 1. The van der Waals surface area contributed by atoms with Gasteiger partial charge in [-0.25, -0.2) is 0 Å². The zero-order valence-electron chi connectivity index (χ0n) is 8.08. The van der Waals surface area contributed by atoms with Crippen LogP contribution in [0.3, 0.4) is 0 Å². The highest BCUT2D eigenvalue weighted by atomic mass is 79.9. The van der Waals surface area contributed by atoms with Gasteiger partial charge in [0.2, 0.25) is 0 Å². The molecule has 0 heterocycles. The van der Waals surface area contributed by atoms with Crippen LogP contribution in [0.2, 0.25) is 0 Å². The fourth-order valence-corrected chi connectivity index (χ4v) is 1.49. The minimum absolute atomic E-state index is 0.107. The number of ketones is 1. The third kappa shape index (κ3) is 3.36. The Bertz CT molecular complexity index is 404. The average Bonchev–Trinajstić information content (AvgIpc) is 2.15. The van der Waals surface area contributed by atoms with E-state index in [2.05, 4.69) is 21.2 Å². The van der Waals surface area contributed by atoms with Gasteiger partial charge in [-0.2, -0.15) is 0 Å². The highest BCUT2D eigenvalue weighted by molar-refractivity contribution is 9.10. The minimum Gasteiger partial charge on any atom is -0.480 e. The Morgan fingerprint density at radius 3 is 2.67 bits per heavy atom. The van der Waals surface area contributed by atoms with Gasteiger partial charge in [0.1, 0.15) is 6.54 Å². The van der Waals surface area contributed by atoms with Crippen LogP contribution in [0.15, 0.2) is 22.7 Å². The molecule has 1 aromatic rings. The molecule has 5 heteroatoms. The van der Waals surface area contributed by atoms with Gasteiger partial charge in [-0.3, -0.25) is 9.59 Å². The van der Waals surface area contributed by atoms with E-state index in [1.54, 1.807) is 18.2 Å². The van der Waals surface area contributed by atoms with Gasteiger partial charge >= 0.3 is 5.97 Å². The quantitative estimate of drug-likeness (QED) is 0.824. The second kappa shape index (κ2) is 4.93. The molecule has 2 N–H and O–H groups in total. The van der Waals surface area contributed by atoms with Crippen LogP contribution >= 0.6 is 15.9 Å². The number of carboxylic acid groups (broad SMARTS) is 1. The van der Waals surface area contributed by atoms with Crippen molar-refractivity contribution in [3.63, 3.8) is 0 Å². The zero-order valence-corrected chi connectivity index (χ0v) is 9.67. The number of nitrogens with one attached hydrogen (secondary N) is 1. The first-order chi connectivity index (χ1) is 7.00. The summed E-state index contributed by atoms with van der Waals surface area (Å²) in [5.74, 6) is -1.07. The van der Waals surface area contributed by atoms with Crippen molar-refractivity contribution >= 4 is 33.4 Å². The van der Waals surface area contributed by atoms with Crippen LogP contribution in [0.4, 0.5) is 5.69 Å². The lowest BCUT2D eigenvalue weighted by atomic mass is 10.1. The topological polar surface area (TPSA) is 66.4 Å². The second-order valence-electron chi connectivity index (χ2n) is 2.99. The molecule has 1 aromatic carbocycles. The van der Waals surface area contributed by atoms with E-state index >= 15 is 0 Å². The van der Waals surface area contributed by atoms with Crippen LogP contribution in [-0.4, -0.2) is 23.4 Å². The number of anilines is 1. The summed E-state index contributed by atoms with van der Waals surface area (Å²) in [5, 5.41) is 11.2. The molecule has 0 atom stereocenters. The highest BCUT2D eigenvalue weighted by Gasteiger charge is 2.08. The Balaban J connectivity index is 2.95. The number of Topliss-reactive ketones (excluding diaryl/α,β-unsaturated/α-hetero) is 1. The van der Waals surface area contributed by atoms with Crippen molar-refractivity contribution in [1.29, 1.82) is 0 Å². The summed E-state index contributed by atoms with van der Waals surface area (Å²) < 4.78 is 0.786. The molecule has 0 spiro atoms. The Kier molecular flexibility index (Phi) is 3.85. The van der Waals surface area contributed by atoms with Crippen LogP contribution in [0.5, 0.6) is 0 Å². The molecule has 0 aliphatic carbocycles. The first-order valence-electron chi connectivity index (χ1n) is 4.27. The lowest BCUT2D eigenvalue weighted by Gasteiger charge is -2.08.